The van der Waals surface area contributed by atoms with Crippen molar-refractivity contribution in [2.75, 3.05) is 0 Å². The summed E-state index contributed by atoms with van der Waals surface area (Å²) in [6.07, 6.45) is 2.17. The van der Waals surface area contributed by atoms with Gasteiger partial charge in [-0.2, -0.15) is 0 Å². The number of benzene rings is 2. The van der Waals surface area contributed by atoms with E-state index < -0.39 is 0 Å². The molecule has 2 heteroatoms. The van der Waals surface area contributed by atoms with Crippen molar-refractivity contribution < 1.29 is 0 Å². The monoisotopic (exact) mass is 257 g/mol. The van der Waals surface area contributed by atoms with E-state index in [1.165, 1.54) is 16.7 Å². The second-order valence-electron chi connectivity index (χ2n) is 5.01. The highest BCUT2D eigenvalue weighted by molar-refractivity contribution is 6.30. The molecule has 0 amide bonds. The first-order chi connectivity index (χ1) is 8.74. The van der Waals surface area contributed by atoms with Gasteiger partial charge in [-0.3, -0.25) is 0 Å². The van der Waals surface area contributed by atoms with Crippen LogP contribution in [0.3, 0.4) is 0 Å². The number of nitrogens with two attached hydrogens (primary N) is 1. The summed E-state index contributed by atoms with van der Waals surface area (Å²) >= 11 is 5.91. The Labute approximate surface area is 113 Å². The van der Waals surface area contributed by atoms with Crippen molar-refractivity contribution in [2.24, 2.45) is 11.7 Å². The molecule has 1 atom stereocenters. The highest BCUT2D eigenvalue weighted by atomic mass is 35.5. The Morgan fingerprint density at radius 1 is 0.944 bits per heavy atom. The Morgan fingerprint density at radius 2 is 1.50 bits per heavy atom. The Balaban J connectivity index is 1.80. The van der Waals surface area contributed by atoms with E-state index in [0.717, 1.165) is 17.9 Å². The molecule has 18 heavy (non-hydrogen) atoms. The molecule has 0 aromatic heterocycles. The lowest BCUT2D eigenvalue weighted by Crippen LogP contribution is -2.21. The van der Waals surface area contributed by atoms with E-state index in [9.17, 15) is 0 Å². The molecule has 1 nitrogen and oxygen atoms in total. The van der Waals surface area contributed by atoms with E-state index in [1.54, 1.807) is 0 Å². The number of hydrogen-bond acceptors (Lipinski definition) is 1. The van der Waals surface area contributed by atoms with Crippen molar-refractivity contribution in [3.05, 3.63) is 70.2 Å². The molecule has 0 saturated carbocycles. The van der Waals surface area contributed by atoms with E-state index in [-0.39, 0.29) is 6.04 Å². The van der Waals surface area contributed by atoms with Crippen LogP contribution in [0.15, 0.2) is 48.5 Å². The third kappa shape index (κ3) is 2.16. The van der Waals surface area contributed by atoms with Gasteiger partial charge in [-0.1, -0.05) is 48.0 Å². The quantitative estimate of drug-likeness (QED) is 0.871. The molecular weight excluding hydrogens is 242 g/mol. The van der Waals surface area contributed by atoms with E-state index in [2.05, 4.69) is 24.3 Å². The van der Waals surface area contributed by atoms with Crippen LogP contribution in [0.1, 0.15) is 22.7 Å². The summed E-state index contributed by atoms with van der Waals surface area (Å²) in [4.78, 5) is 0. The van der Waals surface area contributed by atoms with Gasteiger partial charge in [0, 0.05) is 11.1 Å². The zero-order valence-electron chi connectivity index (χ0n) is 10.1. The molecular formula is C16H16ClN. The van der Waals surface area contributed by atoms with E-state index in [1.807, 2.05) is 24.3 Å². The lowest BCUT2D eigenvalue weighted by atomic mass is 9.91. The lowest BCUT2D eigenvalue weighted by Gasteiger charge is -2.19. The summed E-state index contributed by atoms with van der Waals surface area (Å²) in [6, 6.07) is 16.6. The maximum atomic E-state index is 6.39. The molecule has 0 spiro atoms. The van der Waals surface area contributed by atoms with Crippen LogP contribution in [0.4, 0.5) is 0 Å². The van der Waals surface area contributed by atoms with Crippen LogP contribution in [0.25, 0.3) is 0 Å². The van der Waals surface area contributed by atoms with Gasteiger partial charge in [0.1, 0.15) is 0 Å². The average molecular weight is 258 g/mol. The Morgan fingerprint density at radius 3 is 2.06 bits per heavy atom. The predicted octanol–water partition coefficient (Wildman–Crippen LogP) is 3.75. The van der Waals surface area contributed by atoms with Crippen LogP contribution in [-0.2, 0) is 12.8 Å². The molecule has 0 fully saturated rings. The van der Waals surface area contributed by atoms with Gasteiger partial charge in [-0.05, 0) is 47.6 Å². The smallest absolute Gasteiger partial charge is 0.0406 e. The van der Waals surface area contributed by atoms with E-state index >= 15 is 0 Å². The summed E-state index contributed by atoms with van der Waals surface area (Å²) in [5, 5.41) is 0.764. The largest absolute Gasteiger partial charge is 0.324 e. The normalized spacial score (nSPS) is 16.6. The van der Waals surface area contributed by atoms with Crippen LogP contribution in [0, 0.1) is 5.92 Å². The average Bonchev–Trinajstić information content (AvgIpc) is 2.82. The molecule has 0 radical (unpaired) electrons. The van der Waals surface area contributed by atoms with Crippen LogP contribution < -0.4 is 5.73 Å². The fraction of sp³-hybridized carbons (Fsp3) is 0.250. The first-order valence-corrected chi connectivity index (χ1v) is 6.69. The molecule has 0 aliphatic heterocycles. The summed E-state index contributed by atoms with van der Waals surface area (Å²) in [6.45, 7) is 0. The number of halogens is 1. The van der Waals surface area contributed by atoms with Crippen LogP contribution >= 0.6 is 11.6 Å². The molecule has 3 rings (SSSR count). The standard InChI is InChI=1S/C16H16ClN/c17-15-7-5-11(6-8-15)16(18)14-9-12-3-1-2-4-13(12)10-14/h1-8,14,16H,9-10,18H2. The van der Waals surface area contributed by atoms with Gasteiger partial charge >= 0.3 is 0 Å². The molecule has 2 N–H and O–H groups in total. The minimum atomic E-state index is 0.0923. The zero-order chi connectivity index (χ0) is 12.5. The Kier molecular flexibility index (Phi) is 3.11. The minimum Gasteiger partial charge on any atom is -0.324 e. The first-order valence-electron chi connectivity index (χ1n) is 6.32. The van der Waals surface area contributed by atoms with Gasteiger partial charge in [-0.15, -0.1) is 0 Å². The fourth-order valence-corrected chi connectivity index (χ4v) is 2.93. The van der Waals surface area contributed by atoms with Crippen LogP contribution in [-0.4, -0.2) is 0 Å². The van der Waals surface area contributed by atoms with Crippen molar-refractivity contribution in [1.82, 2.24) is 0 Å². The molecule has 0 bridgehead atoms. The fourth-order valence-electron chi connectivity index (χ4n) is 2.80. The minimum absolute atomic E-state index is 0.0923. The van der Waals surface area contributed by atoms with Crippen molar-refractivity contribution in [3.8, 4) is 0 Å². The Hall–Kier alpha value is -1.31. The van der Waals surface area contributed by atoms with Crippen molar-refractivity contribution in [1.29, 1.82) is 0 Å². The number of fused-ring (bicyclic) bond motifs is 1. The summed E-state index contributed by atoms with van der Waals surface area (Å²) in [5.41, 5.74) is 10.5. The third-order valence-corrected chi connectivity index (χ3v) is 4.10. The molecule has 2 aromatic carbocycles. The second-order valence-corrected chi connectivity index (χ2v) is 5.45. The van der Waals surface area contributed by atoms with Gasteiger partial charge in [0.05, 0.1) is 0 Å². The van der Waals surface area contributed by atoms with Crippen molar-refractivity contribution in [3.63, 3.8) is 0 Å². The maximum Gasteiger partial charge on any atom is 0.0406 e. The van der Waals surface area contributed by atoms with Crippen LogP contribution in [0.5, 0.6) is 0 Å². The maximum absolute atomic E-state index is 6.39. The highest BCUT2D eigenvalue weighted by Gasteiger charge is 2.26. The highest BCUT2D eigenvalue weighted by Crippen LogP contribution is 2.34. The molecule has 0 saturated heterocycles. The number of hydrogen-bond donors (Lipinski definition) is 1. The number of rotatable bonds is 2. The summed E-state index contributed by atoms with van der Waals surface area (Å²) in [5.74, 6) is 0.503. The van der Waals surface area contributed by atoms with Crippen LogP contribution in [0.2, 0.25) is 5.02 Å². The third-order valence-electron chi connectivity index (χ3n) is 3.85. The molecule has 1 aliphatic rings. The van der Waals surface area contributed by atoms with Gasteiger partial charge < -0.3 is 5.73 Å². The topological polar surface area (TPSA) is 26.0 Å². The second kappa shape index (κ2) is 4.75. The lowest BCUT2D eigenvalue weighted by molar-refractivity contribution is 0.454. The summed E-state index contributed by atoms with van der Waals surface area (Å²) < 4.78 is 0. The van der Waals surface area contributed by atoms with E-state index in [4.69, 9.17) is 17.3 Å². The SMILES string of the molecule is NC(c1ccc(Cl)cc1)C1Cc2ccccc2C1. The molecule has 1 unspecified atom stereocenters. The first kappa shape index (κ1) is 11.8. The van der Waals surface area contributed by atoms with E-state index in [0.29, 0.717) is 5.92 Å². The molecule has 0 heterocycles. The predicted molar refractivity (Wildman–Crippen MR) is 75.7 cm³/mol. The van der Waals surface area contributed by atoms with Crippen molar-refractivity contribution in [2.45, 2.75) is 18.9 Å². The summed E-state index contributed by atoms with van der Waals surface area (Å²) in [7, 11) is 0. The Bertz CT molecular complexity index is 522. The zero-order valence-corrected chi connectivity index (χ0v) is 10.9. The van der Waals surface area contributed by atoms with Gasteiger partial charge in [-0.25, -0.2) is 0 Å². The van der Waals surface area contributed by atoms with Crippen molar-refractivity contribution >= 4 is 11.6 Å². The molecule has 1 aliphatic carbocycles. The van der Waals surface area contributed by atoms with Gasteiger partial charge in [0.15, 0.2) is 0 Å². The van der Waals surface area contributed by atoms with Gasteiger partial charge in [0.2, 0.25) is 0 Å². The molecule has 92 valence electrons. The molecule has 2 aromatic rings. The van der Waals surface area contributed by atoms with Gasteiger partial charge in [0.25, 0.3) is 0 Å².